The number of amides is 1. The third kappa shape index (κ3) is 3.23. The second-order valence-electron chi connectivity index (χ2n) is 3.51. The molecule has 0 fully saturated rings. The summed E-state index contributed by atoms with van der Waals surface area (Å²) in [6.07, 6.45) is 3.60. The lowest BCUT2D eigenvalue weighted by molar-refractivity contribution is 0.0952. The van der Waals surface area contributed by atoms with Crippen LogP contribution < -0.4 is 11.1 Å². The molecule has 0 aliphatic rings. The zero-order valence-corrected chi connectivity index (χ0v) is 9.21. The van der Waals surface area contributed by atoms with E-state index in [9.17, 15) is 4.79 Å². The van der Waals surface area contributed by atoms with E-state index < -0.39 is 0 Å². The highest BCUT2D eigenvalue weighted by Crippen LogP contribution is 2.09. The summed E-state index contributed by atoms with van der Waals surface area (Å²) in [5, 5.41) is 2.83. The number of anilines is 1. The number of rotatable bonds is 4. The molecule has 0 saturated heterocycles. The van der Waals surface area contributed by atoms with Gasteiger partial charge in [0.25, 0.3) is 5.91 Å². The normalized spacial score (nSPS) is 10.0. The molecule has 0 aliphatic heterocycles. The number of hydrogen-bond acceptors (Lipinski definition) is 3. The minimum atomic E-state index is -0.0965. The Kier molecular flexibility index (Phi) is 4.09. The van der Waals surface area contributed by atoms with Gasteiger partial charge in [-0.3, -0.25) is 9.78 Å². The summed E-state index contributed by atoms with van der Waals surface area (Å²) < 4.78 is 0. The van der Waals surface area contributed by atoms with Gasteiger partial charge >= 0.3 is 0 Å². The van der Waals surface area contributed by atoms with Crippen LogP contribution in [-0.4, -0.2) is 17.4 Å². The number of nitrogen functional groups attached to an aromatic ring is 1. The van der Waals surface area contributed by atoms with Crippen LogP contribution in [0.5, 0.6) is 0 Å². The third-order valence-corrected chi connectivity index (χ3v) is 2.17. The monoisotopic (exact) mass is 207 g/mol. The first-order chi connectivity index (χ1) is 7.15. The maximum absolute atomic E-state index is 11.7. The van der Waals surface area contributed by atoms with E-state index in [0.29, 0.717) is 23.5 Å². The molecule has 0 spiro atoms. The van der Waals surface area contributed by atoms with Crippen molar-refractivity contribution in [3.8, 4) is 0 Å². The smallest absolute Gasteiger partial charge is 0.253 e. The maximum Gasteiger partial charge on any atom is 0.253 e. The minimum absolute atomic E-state index is 0.0965. The first-order valence-corrected chi connectivity index (χ1v) is 5.15. The molecule has 4 heteroatoms. The molecule has 3 N–H and O–H groups in total. The van der Waals surface area contributed by atoms with Crippen molar-refractivity contribution in [2.45, 2.75) is 26.7 Å². The quantitative estimate of drug-likeness (QED) is 0.735. The third-order valence-electron chi connectivity index (χ3n) is 2.17. The number of nitrogens with zero attached hydrogens (tertiary/aromatic N) is 1. The Morgan fingerprint density at radius 3 is 3.00 bits per heavy atom. The number of pyridine rings is 1. The van der Waals surface area contributed by atoms with Gasteiger partial charge in [-0.1, -0.05) is 13.3 Å². The molecule has 15 heavy (non-hydrogen) atoms. The van der Waals surface area contributed by atoms with Gasteiger partial charge in [-0.15, -0.1) is 0 Å². The predicted molar refractivity (Wildman–Crippen MR) is 60.6 cm³/mol. The van der Waals surface area contributed by atoms with Gasteiger partial charge in [0.05, 0.1) is 23.1 Å². The lowest BCUT2D eigenvalue weighted by atomic mass is 10.2. The zero-order chi connectivity index (χ0) is 11.3. The van der Waals surface area contributed by atoms with Gasteiger partial charge in [0, 0.05) is 6.54 Å². The van der Waals surface area contributed by atoms with Gasteiger partial charge in [-0.2, -0.15) is 0 Å². The van der Waals surface area contributed by atoms with E-state index in [-0.39, 0.29) is 5.91 Å². The molecule has 4 nitrogen and oxygen atoms in total. The van der Waals surface area contributed by atoms with Gasteiger partial charge in [-0.05, 0) is 19.4 Å². The van der Waals surface area contributed by atoms with E-state index in [4.69, 9.17) is 5.73 Å². The number of aromatic nitrogens is 1. The van der Waals surface area contributed by atoms with E-state index in [1.165, 1.54) is 0 Å². The van der Waals surface area contributed by atoms with Gasteiger partial charge < -0.3 is 11.1 Å². The molecule has 1 heterocycles. The Bertz CT molecular complexity index is 350. The summed E-state index contributed by atoms with van der Waals surface area (Å²) in [7, 11) is 0. The molecule has 0 atom stereocenters. The number of nitrogens with one attached hydrogen (secondary N) is 1. The molecule has 0 bridgehead atoms. The van der Waals surface area contributed by atoms with E-state index >= 15 is 0 Å². The Morgan fingerprint density at radius 2 is 2.33 bits per heavy atom. The molecule has 0 radical (unpaired) electrons. The van der Waals surface area contributed by atoms with Crippen LogP contribution in [0.2, 0.25) is 0 Å². The average Bonchev–Trinajstić information content (AvgIpc) is 2.22. The van der Waals surface area contributed by atoms with Crippen LogP contribution in [0.15, 0.2) is 12.3 Å². The topological polar surface area (TPSA) is 68.0 Å². The Hall–Kier alpha value is -1.58. The van der Waals surface area contributed by atoms with Crippen molar-refractivity contribution in [3.05, 3.63) is 23.5 Å². The molecule has 1 aromatic rings. The summed E-state index contributed by atoms with van der Waals surface area (Å²) in [6.45, 7) is 4.58. The van der Waals surface area contributed by atoms with Crippen LogP contribution in [0.25, 0.3) is 0 Å². The van der Waals surface area contributed by atoms with E-state index in [2.05, 4.69) is 17.2 Å². The van der Waals surface area contributed by atoms with Crippen molar-refractivity contribution in [2.24, 2.45) is 0 Å². The number of unbranched alkanes of at least 4 members (excludes halogenated alkanes) is 1. The number of carbonyl (C=O) groups excluding carboxylic acids is 1. The Labute approximate surface area is 89.9 Å². The number of hydrogen-bond donors (Lipinski definition) is 2. The second-order valence-corrected chi connectivity index (χ2v) is 3.51. The summed E-state index contributed by atoms with van der Waals surface area (Å²) >= 11 is 0. The fourth-order valence-electron chi connectivity index (χ4n) is 1.25. The van der Waals surface area contributed by atoms with Crippen molar-refractivity contribution < 1.29 is 4.79 Å². The lowest BCUT2D eigenvalue weighted by Gasteiger charge is -2.06. The first-order valence-electron chi connectivity index (χ1n) is 5.15. The molecule has 0 unspecified atom stereocenters. The van der Waals surface area contributed by atoms with Crippen LogP contribution >= 0.6 is 0 Å². The second kappa shape index (κ2) is 5.34. The summed E-state index contributed by atoms with van der Waals surface area (Å²) in [5.74, 6) is -0.0965. The van der Waals surface area contributed by atoms with E-state index in [0.717, 1.165) is 12.8 Å². The fraction of sp³-hybridized carbons (Fsp3) is 0.455. The van der Waals surface area contributed by atoms with Crippen LogP contribution in [0.1, 0.15) is 35.8 Å². The number of carbonyl (C=O) groups is 1. The molecule has 0 saturated carbocycles. The fourth-order valence-corrected chi connectivity index (χ4v) is 1.25. The molecular weight excluding hydrogens is 190 g/mol. The molecule has 0 aliphatic carbocycles. The SMILES string of the molecule is CCCCNC(=O)c1cc(N)cnc1C. The van der Waals surface area contributed by atoms with Crippen LogP contribution in [-0.2, 0) is 0 Å². The molecule has 1 aromatic heterocycles. The van der Waals surface area contributed by atoms with Gasteiger partial charge in [0.15, 0.2) is 0 Å². The van der Waals surface area contributed by atoms with Crippen molar-refractivity contribution >= 4 is 11.6 Å². The minimum Gasteiger partial charge on any atom is -0.397 e. The largest absolute Gasteiger partial charge is 0.397 e. The zero-order valence-electron chi connectivity index (χ0n) is 9.21. The highest BCUT2D eigenvalue weighted by atomic mass is 16.1. The standard InChI is InChI=1S/C11H17N3O/c1-3-4-5-13-11(15)10-6-9(12)7-14-8(10)2/h6-7H,3-5,12H2,1-2H3,(H,13,15). The van der Waals surface area contributed by atoms with Gasteiger partial charge in [0.1, 0.15) is 0 Å². The molecule has 1 rings (SSSR count). The van der Waals surface area contributed by atoms with Crippen LogP contribution in [0, 0.1) is 6.92 Å². The Balaban J connectivity index is 2.68. The maximum atomic E-state index is 11.7. The Morgan fingerprint density at radius 1 is 1.60 bits per heavy atom. The van der Waals surface area contributed by atoms with Gasteiger partial charge in [-0.25, -0.2) is 0 Å². The first kappa shape index (κ1) is 11.5. The van der Waals surface area contributed by atoms with E-state index in [1.807, 2.05) is 0 Å². The van der Waals surface area contributed by atoms with Crippen molar-refractivity contribution in [1.29, 1.82) is 0 Å². The number of nitrogens with two attached hydrogens (primary N) is 1. The molecule has 1 amide bonds. The summed E-state index contributed by atoms with van der Waals surface area (Å²) in [4.78, 5) is 15.7. The lowest BCUT2D eigenvalue weighted by Crippen LogP contribution is -2.25. The summed E-state index contributed by atoms with van der Waals surface area (Å²) in [5.41, 5.74) is 7.36. The molecular formula is C11H17N3O. The molecule has 82 valence electrons. The van der Waals surface area contributed by atoms with Crippen molar-refractivity contribution in [2.75, 3.05) is 12.3 Å². The van der Waals surface area contributed by atoms with E-state index in [1.54, 1.807) is 19.2 Å². The summed E-state index contributed by atoms with van der Waals surface area (Å²) in [6, 6.07) is 1.66. The highest BCUT2D eigenvalue weighted by molar-refractivity contribution is 5.95. The number of aryl methyl sites for hydroxylation is 1. The van der Waals surface area contributed by atoms with Crippen LogP contribution in [0.4, 0.5) is 5.69 Å². The van der Waals surface area contributed by atoms with Gasteiger partial charge in [0.2, 0.25) is 0 Å². The van der Waals surface area contributed by atoms with Crippen molar-refractivity contribution in [3.63, 3.8) is 0 Å². The van der Waals surface area contributed by atoms with Crippen molar-refractivity contribution in [1.82, 2.24) is 10.3 Å². The molecule has 0 aromatic carbocycles. The highest BCUT2D eigenvalue weighted by Gasteiger charge is 2.09. The average molecular weight is 207 g/mol. The van der Waals surface area contributed by atoms with Crippen LogP contribution in [0.3, 0.4) is 0 Å². The predicted octanol–water partition coefficient (Wildman–Crippen LogP) is 1.50.